The van der Waals surface area contributed by atoms with Gasteiger partial charge in [-0.2, -0.15) is 0 Å². The Morgan fingerprint density at radius 1 is 0.862 bits per heavy atom. The van der Waals surface area contributed by atoms with Gasteiger partial charge in [0.2, 0.25) is 0 Å². The molecule has 0 saturated heterocycles. The van der Waals surface area contributed by atoms with Gasteiger partial charge >= 0.3 is 0 Å². The van der Waals surface area contributed by atoms with E-state index in [1.807, 2.05) is 48.0 Å². The first-order valence-electron chi connectivity index (χ1n) is 9.23. The zero-order valence-electron chi connectivity index (χ0n) is 17.4. The molecular weight excluding hydrogens is 372 g/mol. The third-order valence-corrected chi connectivity index (χ3v) is 4.94. The monoisotopic (exact) mass is 398 g/mol. The molecule has 7 heteroatoms. The van der Waals surface area contributed by atoms with E-state index in [4.69, 9.17) is 18.9 Å². The van der Waals surface area contributed by atoms with Crippen LogP contribution in [-0.4, -0.2) is 45.5 Å². The number of aromatic nitrogens is 1. The molecule has 0 unspecified atom stereocenters. The van der Waals surface area contributed by atoms with E-state index in [1.165, 1.54) is 0 Å². The van der Waals surface area contributed by atoms with Gasteiger partial charge in [0.25, 0.3) is 5.91 Å². The smallest absolute Gasteiger partial charge is 0.267 e. The lowest BCUT2D eigenvalue weighted by molar-refractivity contribution is 0.0946. The predicted octanol–water partition coefficient (Wildman–Crippen LogP) is 3.19. The Balaban J connectivity index is 1.76. The van der Waals surface area contributed by atoms with Crippen molar-refractivity contribution < 1.29 is 23.7 Å². The van der Waals surface area contributed by atoms with Crippen LogP contribution >= 0.6 is 0 Å². The Morgan fingerprint density at radius 2 is 1.48 bits per heavy atom. The predicted molar refractivity (Wildman–Crippen MR) is 112 cm³/mol. The second-order valence-corrected chi connectivity index (χ2v) is 6.52. The number of ether oxygens (including phenoxy) is 4. The Labute approximate surface area is 170 Å². The van der Waals surface area contributed by atoms with E-state index in [9.17, 15) is 4.79 Å². The van der Waals surface area contributed by atoms with Gasteiger partial charge in [0.1, 0.15) is 17.2 Å². The van der Waals surface area contributed by atoms with Gasteiger partial charge in [-0.3, -0.25) is 4.79 Å². The molecule has 7 nitrogen and oxygen atoms in total. The van der Waals surface area contributed by atoms with E-state index >= 15 is 0 Å². The van der Waals surface area contributed by atoms with Crippen LogP contribution in [0.4, 0.5) is 0 Å². The van der Waals surface area contributed by atoms with Crippen molar-refractivity contribution in [3.8, 4) is 23.0 Å². The first kappa shape index (κ1) is 20.4. The molecule has 0 aliphatic carbocycles. The molecule has 1 amide bonds. The van der Waals surface area contributed by atoms with Gasteiger partial charge in [0.05, 0.1) is 34.0 Å². The molecule has 3 aromatic rings. The molecular formula is C22H26N2O5. The van der Waals surface area contributed by atoms with Crippen molar-refractivity contribution >= 4 is 16.8 Å². The van der Waals surface area contributed by atoms with Crippen LogP contribution in [0.5, 0.6) is 23.0 Å². The third kappa shape index (κ3) is 3.94. The Hall–Kier alpha value is -3.35. The largest absolute Gasteiger partial charge is 0.496 e. The molecule has 0 saturated carbocycles. The molecule has 0 fully saturated rings. The quantitative estimate of drug-likeness (QED) is 0.631. The SMILES string of the molecule is COc1ccc(CCNC(=O)c2cc3c(OC)ccc(OC)c3n2C)cc1OC. The van der Waals surface area contributed by atoms with E-state index in [2.05, 4.69) is 5.32 Å². The van der Waals surface area contributed by atoms with Gasteiger partial charge in [-0.1, -0.05) is 6.07 Å². The number of fused-ring (bicyclic) bond motifs is 1. The van der Waals surface area contributed by atoms with E-state index in [1.54, 1.807) is 28.4 Å². The van der Waals surface area contributed by atoms with Crippen LogP contribution in [0, 0.1) is 0 Å². The van der Waals surface area contributed by atoms with E-state index < -0.39 is 0 Å². The summed E-state index contributed by atoms with van der Waals surface area (Å²) >= 11 is 0. The van der Waals surface area contributed by atoms with Crippen molar-refractivity contribution in [1.29, 1.82) is 0 Å². The average molecular weight is 398 g/mol. The minimum atomic E-state index is -0.159. The number of benzene rings is 2. The van der Waals surface area contributed by atoms with Crippen LogP contribution in [0.15, 0.2) is 36.4 Å². The van der Waals surface area contributed by atoms with Crippen LogP contribution in [0.25, 0.3) is 10.9 Å². The van der Waals surface area contributed by atoms with Crippen molar-refractivity contribution in [1.82, 2.24) is 9.88 Å². The standard InChI is InChI=1S/C22H26N2O5/c1-24-16(13-15-17(26-2)8-9-19(28-4)21(15)24)22(25)23-11-10-14-6-7-18(27-3)20(12-14)29-5/h6-9,12-13H,10-11H2,1-5H3,(H,23,25). The van der Waals surface area contributed by atoms with Gasteiger partial charge < -0.3 is 28.8 Å². The lowest BCUT2D eigenvalue weighted by Gasteiger charge is -2.11. The number of carbonyl (C=O) groups is 1. The second kappa shape index (κ2) is 8.77. The molecule has 2 aromatic carbocycles. The highest BCUT2D eigenvalue weighted by Gasteiger charge is 2.18. The minimum absolute atomic E-state index is 0.159. The topological polar surface area (TPSA) is 71.0 Å². The van der Waals surface area contributed by atoms with Gasteiger partial charge in [-0.15, -0.1) is 0 Å². The van der Waals surface area contributed by atoms with Crippen LogP contribution in [-0.2, 0) is 13.5 Å². The van der Waals surface area contributed by atoms with Crippen LogP contribution < -0.4 is 24.3 Å². The molecule has 0 bridgehead atoms. The Morgan fingerprint density at radius 3 is 2.14 bits per heavy atom. The Kier molecular flexibility index (Phi) is 6.16. The van der Waals surface area contributed by atoms with Crippen molar-refractivity contribution in [2.24, 2.45) is 7.05 Å². The second-order valence-electron chi connectivity index (χ2n) is 6.52. The van der Waals surface area contributed by atoms with E-state index in [0.717, 1.165) is 16.5 Å². The number of aryl methyl sites for hydroxylation is 1. The fourth-order valence-electron chi connectivity index (χ4n) is 3.42. The summed E-state index contributed by atoms with van der Waals surface area (Å²) in [5.41, 5.74) is 2.40. The fraction of sp³-hybridized carbons (Fsp3) is 0.318. The summed E-state index contributed by atoms with van der Waals surface area (Å²) in [7, 11) is 8.26. The summed E-state index contributed by atoms with van der Waals surface area (Å²) in [6.07, 6.45) is 0.669. The molecule has 1 aromatic heterocycles. The zero-order chi connectivity index (χ0) is 21.0. The van der Waals surface area contributed by atoms with Crippen molar-refractivity contribution in [3.05, 3.63) is 47.7 Å². The summed E-state index contributed by atoms with van der Waals surface area (Å²) in [6.45, 7) is 0.490. The molecule has 29 heavy (non-hydrogen) atoms. The summed E-state index contributed by atoms with van der Waals surface area (Å²) in [4.78, 5) is 12.8. The molecule has 0 spiro atoms. The zero-order valence-corrected chi connectivity index (χ0v) is 17.4. The maximum absolute atomic E-state index is 12.8. The molecule has 0 aliphatic rings. The number of carbonyl (C=O) groups excluding carboxylic acids is 1. The van der Waals surface area contributed by atoms with Crippen LogP contribution in [0.3, 0.4) is 0 Å². The molecule has 1 N–H and O–H groups in total. The normalized spacial score (nSPS) is 10.7. The summed E-state index contributed by atoms with van der Waals surface area (Å²) in [6, 6.07) is 11.2. The highest BCUT2D eigenvalue weighted by molar-refractivity contribution is 6.02. The van der Waals surface area contributed by atoms with Gasteiger partial charge in [-0.05, 0) is 42.3 Å². The summed E-state index contributed by atoms with van der Waals surface area (Å²) in [5.74, 6) is 2.57. The number of hydrogen-bond acceptors (Lipinski definition) is 5. The Bertz CT molecular complexity index is 1030. The average Bonchev–Trinajstić information content (AvgIpc) is 3.10. The first-order valence-corrected chi connectivity index (χ1v) is 9.23. The maximum atomic E-state index is 12.8. The molecule has 3 rings (SSSR count). The van der Waals surface area contributed by atoms with Crippen molar-refractivity contribution in [2.45, 2.75) is 6.42 Å². The van der Waals surface area contributed by atoms with E-state index in [-0.39, 0.29) is 5.91 Å². The van der Waals surface area contributed by atoms with Crippen LogP contribution in [0.1, 0.15) is 16.1 Å². The molecule has 0 radical (unpaired) electrons. The summed E-state index contributed by atoms with van der Waals surface area (Å²) in [5, 5.41) is 3.81. The number of nitrogens with one attached hydrogen (secondary N) is 1. The lowest BCUT2D eigenvalue weighted by atomic mass is 10.1. The van der Waals surface area contributed by atoms with Crippen molar-refractivity contribution in [2.75, 3.05) is 35.0 Å². The molecule has 1 heterocycles. The molecule has 0 atom stereocenters. The summed E-state index contributed by atoms with van der Waals surface area (Å²) < 4.78 is 23.3. The molecule has 0 aliphatic heterocycles. The van der Waals surface area contributed by atoms with Gasteiger partial charge in [-0.25, -0.2) is 0 Å². The highest BCUT2D eigenvalue weighted by atomic mass is 16.5. The van der Waals surface area contributed by atoms with E-state index in [0.29, 0.717) is 41.7 Å². The first-order chi connectivity index (χ1) is 14.0. The molecule has 154 valence electrons. The van der Waals surface area contributed by atoms with Crippen molar-refractivity contribution in [3.63, 3.8) is 0 Å². The highest BCUT2D eigenvalue weighted by Crippen LogP contribution is 2.35. The number of hydrogen-bond donors (Lipinski definition) is 1. The number of rotatable bonds is 8. The third-order valence-electron chi connectivity index (χ3n) is 4.94. The van der Waals surface area contributed by atoms with Gasteiger partial charge in [0, 0.05) is 19.0 Å². The fourth-order valence-corrected chi connectivity index (χ4v) is 3.42. The number of amides is 1. The minimum Gasteiger partial charge on any atom is -0.496 e. The lowest BCUT2D eigenvalue weighted by Crippen LogP contribution is -2.27. The number of methoxy groups -OCH3 is 4. The van der Waals surface area contributed by atoms with Gasteiger partial charge in [0.15, 0.2) is 11.5 Å². The maximum Gasteiger partial charge on any atom is 0.267 e. The van der Waals surface area contributed by atoms with Crippen LogP contribution in [0.2, 0.25) is 0 Å². The number of nitrogens with zero attached hydrogens (tertiary/aromatic N) is 1.